The predicted molar refractivity (Wildman–Crippen MR) is 124 cm³/mol. The van der Waals surface area contributed by atoms with E-state index in [1.165, 1.54) is 0 Å². The zero-order chi connectivity index (χ0) is 22.1. The van der Waals surface area contributed by atoms with Crippen LogP contribution in [0.1, 0.15) is 36.4 Å². The van der Waals surface area contributed by atoms with Gasteiger partial charge in [-0.25, -0.2) is 5.01 Å². The molecule has 0 bridgehead atoms. The molecule has 0 aliphatic carbocycles. The molecule has 0 saturated carbocycles. The highest BCUT2D eigenvalue weighted by molar-refractivity contribution is 6.34. The molecule has 2 saturated heterocycles. The molecule has 1 unspecified atom stereocenters. The third-order valence-corrected chi connectivity index (χ3v) is 7.08. The number of hydrazone groups is 1. The average Bonchev–Trinajstić information content (AvgIpc) is 3.44. The predicted octanol–water partition coefficient (Wildman–Crippen LogP) is 4.51. The molecule has 6 nitrogen and oxygen atoms in total. The average molecular weight is 474 g/mol. The minimum atomic E-state index is -0.456. The van der Waals surface area contributed by atoms with Gasteiger partial charge < -0.3 is 9.47 Å². The number of carbonyl (C=O) groups excluding carboxylic acids is 1. The fourth-order valence-corrected chi connectivity index (χ4v) is 5.19. The van der Waals surface area contributed by atoms with Crippen molar-refractivity contribution in [2.24, 2.45) is 5.10 Å². The highest BCUT2D eigenvalue weighted by atomic mass is 35.5. The van der Waals surface area contributed by atoms with Crippen molar-refractivity contribution in [3.63, 3.8) is 0 Å². The molecule has 1 amide bonds. The van der Waals surface area contributed by atoms with Crippen LogP contribution in [0.4, 0.5) is 0 Å². The molecule has 0 aromatic heterocycles. The van der Waals surface area contributed by atoms with Gasteiger partial charge in [0.2, 0.25) is 0 Å². The monoisotopic (exact) mass is 473 g/mol. The Labute approximate surface area is 197 Å². The maximum Gasteiger partial charge on any atom is 0.257 e. The molecule has 3 aliphatic rings. The summed E-state index contributed by atoms with van der Waals surface area (Å²) in [6.07, 6.45) is 2.09. The smallest absolute Gasteiger partial charge is 0.257 e. The van der Waals surface area contributed by atoms with Gasteiger partial charge in [-0.1, -0.05) is 59.6 Å². The standard InChI is InChI=1S/C24H25Cl2N3O3/c25-19-7-3-1-5-17(19)21-15-22(18-6-2-4-8-20(18)26)29(27-21)23(30)16-28-11-9-24(10-12-28)31-13-14-32-24/h1-8,22H,9-16H2. The fraction of sp³-hybridized carbons (Fsp3) is 0.417. The van der Waals surface area contributed by atoms with Crippen LogP contribution in [0.2, 0.25) is 10.0 Å². The minimum absolute atomic E-state index is 0.0545. The first-order valence-electron chi connectivity index (χ1n) is 10.9. The molecule has 0 radical (unpaired) electrons. The van der Waals surface area contributed by atoms with Gasteiger partial charge in [-0.05, 0) is 17.7 Å². The molecule has 168 valence electrons. The Kier molecular flexibility index (Phi) is 6.23. The fourth-order valence-electron chi connectivity index (χ4n) is 4.69. The van der Waals surface area contributed by atoms with Gasteiger partial charge in [-0.2, -0.15) is 5.10 Å². The molecule has 5 rings (SSSR count). The second-order valence-corrected chi connectivity index (χ2v) is 9.20. The van der Waals surface area contributed by atoms with E-state index in [0.717, 1.165) is 42.8 Å². The number of amides is 1. The molecule has 3 aliphatic heterocycles. The highest BCUT2D eigenvalue weighted by Crippen LogP contribution is 2.38. The second-order valence-electron chi connectivity index (χ2n) is 8.39. The maximum absolute atomic E-state index is 13.4. The van der Waals surface area contributed by atoms with Crippen LogP contribution in [-0.2, 0) is 14.3 Å². The van der Waals surface area contributed by atoms with Crippen LogP contribution in [-0.4, -0.2) is 60.2 Å². The summed E-state index contributed by atoms with van der Waals surface area (Å²) >= 11 is 12.9. The van der Waals surface area contributed by atoms with Gasteiger partial charge in [-0.15, -0.1) is 0 Å². The van der Waals surface area contributed by atoms with Crippen molar-refractivity contribution >= 4 is 34.8 Å². The number of hydrogen-bond donors (Lipinski definition) is 0. The molecule has 8 heteroatoms. The van der Waals surface area contributed by atoms with Crippen molar-refractivity contribution in [1.82, 2.24) is 9.91 Å². The molecular formula is C24H25Cl2N3O3. The van der Waals surface area contributed by atoms with Crippen LogP contribution in [0.3, 0.4) is 0 Å². The number of hydrogen-bond acceptors (Lipinski definition) is 5. The number of nitrogens with zero attached hydrogens (tertiary/aromatic N) is 3. The zero-order valence-electron chi connectivity index (χ0n) is 17.7. The molecule has 2 fully saturated rings. The SMILES string of the molecule is O=C(CN1CCC2(CC1)OCCO2)N1N=C(c2ccccc2Cl)CC1c1ccccc1Cl. The second kappa shape index (κ2) is 9.12. The third kappa shape index (κ3) is 4.30. The summed E-state index contributed by atoms with van der Waals surface area (Å²) in [5.41, 5.74) is 2.52. The Morgan fingerprint density at radius 3 is 2.34 bits per heavy atom. The molecule has 0 N–H and O–H groups in total. The lowest BCUT2D eigenvalue weighted by atomic mass is 9.98. The van der Waals surface area contributed by atoms with E-state index in [2.05, 4.69) is 4.90 Å². The van der Waals surface area contributed by atoms with Gasteiger partial charge in [0.25, 0.3) is 5.91 Å². The lowest BCUT2D eigenvalue weighted by Gasteiger charge is -2.37. The summed E-state index contributed by atoms with van der Waals surface area (Å²) in [4.78, 5) is 15.6. The molecule has 32 heavy (non-hydrogen) atoms. The summed E-state index contributed by atoms with van der Waals surface area (Å²) in [7, 11) is 0. The summed E-state index contributed by atoms with van der Waals surface area (Å²) in [5.74, 6) is -0.510. The summed E-state index contributed by atoms with van der Waals surface area (Å²) in [6, 6.07) is 14.9. The Bertz CT molecular complexity index is 1030. The van der Waals surface area contributed by atoms with Crippen LogP contribution in [0.5, 0.6) is 0 Å². The van der Waals surface area contributed by atoms with E-state index < -0.39 is 5.79 Å². The number of carbonyl (C=O) groups is 1. The van der Waals surface area contributed by atoms with Gasteiger partial charge in [-0.3, -0.25) is 9.69 Å². The molecule has 2 aromatic rings. The van der Waals surface area contributed by atoms with Gasteiger partial charge in [0.1, 0.15) is 0 Å². The van der Waals surface area contributed by atoms with Crippen LogP contribution < -0.4 is 0 Å². The van der Waals surface area contributed by atoms with Crippen LogP contribution in [0.15, 0.2) is 53.6 Å². The van der Waals surface area contributed by atoms with E-state index in [-0.39, 0.29) is 18.5 Å². The van der Waals surface area contributed by atoms with Crippen molar-refractivity contribution in [3.05, 3.63) is 69.7 Å². The van der Waals surface area contributed by atoms with Crippen LogP contribution >= 0.6 is 23.2 Å². The highest BCUT2D eigenvalue weighted by Gasteiger charge is 2.41. The number of piperidine rings is 1. The first-order valence-corrected chi connectivity index (χ1v) is 11.7. The van der Waals surface area contributed by atoms with Crippen molar-refractivity contribution in [2.45, 2.75) is 31.1 Å². The van der Waals surface area contributed by atoms with E-state index in [1.54, 1.807) is 5.01 Å². The summed E-state index contributed by atoms with van der Waals surface area (Å²) in [6.45, 7) is 3.07. The van der Waals surface area contributed by atoms with Gasteiger partial charge >= 0.3 is 0 Å². The topological polar surface area (TPSA) is 54.4 Å². The molecule has 1 spiro atoms. The quantitative estimate of drug-likeness (QED) is 0.655. The molecule has 3 heterocycles. The molecule has 2 aromatic carbocycles. The number of likely N-dealkylation sites (tertiary alicyclic amines) is 1. The largest absolute Gasteiger partial charge is 0.347 e. The normalized spacial score (nSPS) is 23.0. The summed E-state index contributed by atoms with van der Waals surface area (Å²) < 4.78 is 11.6. The number of ether oxygens (including phenoxy) is 2. The number of rotatable bonds is 4. The van der Waals surface area contributed by atoms with Crippen molar-refractivity contribution in [3.8, 4) is 0 Å². The van der Waals surface area contributed by atoms with Crippen LogP contribution in [0, 0.1) is 0 Å². The van der Waals surface area contributed by atoms with E-state index in [9.17, 15) is 4.79 Å². The van der Waals surface area contributed by atoms with Gasteiger partial charge in [0.05, 0.1) is 31.5 Å². The lowest BCUT2D eigenvalue weighted by Crippen LogP contribution is -2.48. The minimum Gasteiger partial charge on any atom is -0.347 e. The third-order valence-electron chi connectivity index (χ3n) is 6.41. The number of halogens is 2. The van der Waals surface area contributed by atoms with Crippen molar-refractivity contribution < 1.29 is 14.3 Å². The van der Waals surface area contributed by atoms with Crippen LogP contribution in [0.25, 0.3) is 0 Å². The lowest BCUT2D eigenvalue weighted by molar-refractivity contribution is -0.186. The summed E-state index contributed by atoms with van der Waals surface area (Å²) in [5, 5.41) is 7.57. The van der Waals surface area contributed by atoms with Gasteiger partial charge in [0.15, 0.2) is 5.79 Å². The van der Waals surface area contributed by atoms with E-state index in [1.807, 2.05) is 48.5 Å². The van der Waals surface area contributed by atoms with Crippen molar-refractivity contribution in [1.29, 1.82) is 0 Å². The van der Waals surface area contributed by atoms with Crippen molar-refractivity contribution in [2.75, 3.05) is 32.8 Å². The Hall–Kier alpha value is -1.96. The first-order chi connectivity index (χ1) is 15.5. The van der Waals surface area contributed by atoms with E-state index in [4.69, 9.17) is 37.8 Å². The number of benzene rings is 2. The molecular weight excluding hydrogens is 449 g/mol. The molecule has 1 atom stereocenters. The van der Waals surface area contributed by atoms with E-state index in [0.29, 0.717) is 29.7 Å². The Balaban J connectivity index is 1.36. The van der Waals surface area contributed by atoms with Gasteiger partial charge in [0, 0.05) is 48.0 Å². The van der Waals surface area contributed by atoms with E-state index >= 15 is 0 Å². The maximum atomic E-state index is 13.4. The Morgan fingerprint density at radius 2 is 1.66 bits per heavy atom. The zero-order valence-corrected chi connectivity index (χ0v) is 19.2. The Morgan fingerprint density at radius 1 is 1.00 bits per heavy atom. The first kappa shape index (κ1) is 21.9.